The maximum absolute atomic E-state index is 12.4. The molecular weight excluding hydrogens is 472 g/mol. The van der Waals surface area contributed by atoms with E-state index in [0.29, 0.717) is 17.2 Å². The van der Waals surface area contributed by atoms with E-state index in [4.69, 9.17) is 9.47 Å². The van der Waals surface area contributed by atoms with Crippen molar-refractivity contribution in [1.29, 1.82) is 0 Å². The molecule has 0 saturated heterocycles. The highest BCUT2D eigenvalue weighted by molar-refractivity contribution is 7.23. The summed E-state index contributed by atoms with van der Waals surface area (Å²) in [6.07, 6.45) is -0.695. The summed E-state index contributed by atoms with van der Waals surface area (Å²) in [5.74, 6) is 0.996. The Labute approximate surface area is 204 Å². The molecule has 1 atom stereocenters. The first-order valence-corrected chi connectivity index (χ1v) is 12.3. The normalized spacial score (nSPS) is 11.7. The van der Waals surface area contributed by atoms with E-state index in [1.807, 2.05) is 24.4 Å². The first kappa shape index (κ1) is 23.7. The number of rotatable bonds is 9. The summed E-state index contributed by atoms with van der Waals surface area (Å²) < 4.78 is 12.1. The lowest BCUT2D eigenvalue weighted by molar-refractivity contribution is -0.127. The van der Waals surface area contributed by atoms with Gasteiger partial charge in [-0.2, -0.15) is 5.10 Å². The molecule has 0 spiro atoms. The second kappa shape index (κ2) is 10.6. The zero-order valence-corrected chi connectivity index (χ0v) is 20.6. The van der Waals surface area contributed by atoms with E-state index in [1.54, 1.807) is 67.0 Å². The zero-order valence-electron chi connectivity index (χ0n) is 19.0. The minimum absolute atomic E-state index is 0.235. The molecule has 3 aromatic heterocycles. The number of amides is 1. The Morgan fingerprint density at radius 2 is 1.91 bits per heavy atom. The molecule has 176 valence electrons. The number of nitrogens with one attached hydrogen (secondary N) is 1. The highest BCUT2D eigenvalue weighted by Crippen LogP contribution is 2.35. The van der Waals surface area contributed by atoms with Crippen LogP contribution in [-0.4, -0.2) is 40.4 Å². The molecule has 0 fully saturated rings. The summed E-state index contributed by atoms with van der Waals surface area (Å²) in [6, 6.07) is 14.2. The van der Waals surface area contributed by atoms with Gasteiger partial charge in [-0.15, -0.1) is 22.7 Å². The van der Waals surface area contributed by atoms with Gasteiger partial charge in [0.15, 0.2) is 6.10 Å². The molecule has 10 heteroatoms. The van der Waals surface area contributed by atoms with E-state index in [1.165, 1.54) is 10.7 Å². The van der Waals surface area contributed by atoms with Gasteiger partial charge in [-0.1, -0.05) is 6.07 Å². The van der Waals surface area contributed by atoms with Crippen LogP contribution in [0.5, 0.6) is 11.5 Å². The number of hydrogen-bond donors (Lipinski definition) is 1. The smallest absolute Gasteiger partial charge is 0.266 e. The topological polar surface area (TPSA) is 95.3 Å². The molecule has 0 bridgehead atoms. The quantitative estimate of drug-likeness (QED) is 0.376. The number of carbonyl (C=O) groups is 1. The minimum atomic E-state index is -0.695. The number of carbonyl (C=O) groups excluding carboxylic acids is 1. The molecule has 4 rings (SSSR count). The predicted molar refractivity (Wildman–Crippen MR) is 134 cm³/mol. The van der Waals surface area contributed by atoms with E-state index in [-0.39, 0.29) is 24.6 Å². The van der Waals surface area contributed by atoms with Crippen LogP contribution < -0.4 is 20.3 Å². The standard InChI is InChI=1S/C24H24N4O4S2/c1-15-22(34-24(26-15)20-5-4-14-33-20)19-10-11-21(29)28(27-19)13-12-25-23(30)16(2)32-18-8-6-17(31-3)7-9-18/h4-11,14,16H,12-13H2,1-3H3,(H,25,30). The van der Waals surface area contributed by atoms with Crippen LogP contribution >= 0.6 is 22.7 Å². The molecule has 0 aliphatic rings. The van der Waals surface area contributed by atoms with Gasteiger partial charge >= 0.3 is 0 Å². The van der Waals surface area contributed by atoms with Crippen molar-refractivity contribution in [2.24, 2.45) is 0 Å². The fourth-order valence-corrected chi connectivity index (χ4v) is 5.04. The largest absolute Gasteiger partial charge is 0.497 e. The molecule has 1 N–H and O–H groups in total. The number of benzene rings is 1. The summed E-state index contributed by atoms with van der Waals surface area (Å²) >= 11 is 3.18. The van der Waals surface area contributed by atoms with Crippen LogP contribution in [0.2, 0.25) is 0 Å². The number of aromatic nitrogens is 3. The molecule has 0 radical (unpaired) electrons. The highest BCUT2D eigenvalue weighted by Gasteiger charge is 2.16. The van der Waals surface area contributed by atoms with E-state index in [9.17, 15) is 9.59 Å². The lowest BCUT2D eigenvalue weighted by Crippen LogP contribution is -2.39. The maximum atomic E-state index is 12.4. The fraction of sp³-hybridized carbons (Fsp3) is 0.250. The number of hydrogen-bond acceptors (Lipinski definition) is 8. The van der Waals surface area contributed by atoms with E-state index in [0.717, 1.165) is 20.5 Å². The highest BCUT2D eigenvalue weighted by atomic mass is 32.1. The van der Waals surface area contributed by atoms with Crippen molar-refractivity contribution in [3.63, 3.8) is 0 Å². The Morgan fingerprint density at radius 1 is 1.15 bits per heavy atom. The lowest BCUT2D eigenvalue weighted by Gasteiger charge is -2.15. The Hall–Kier alpha value is -3.50. The first-order chi connectivity index (χ1) is 16.4. The predicted octanol–water partition coefficient (Wildman–Crippen LogP) is 4.00. The Kier molecular flexibility index (Phi) is 7.39. The summed E-state index contributed by atoms with van der Waals surface area (Å²) in [4.78, 5) is 31.4. The van der Waals surface area contributed by atoms with Crippen molar-refractivity contribution in [2.75, 3.05) is 13.7 Å². The molecule has 0 aliphatic heterocycles. The minimum Gasteiger partial charge on any atom is -0.497 e. The van der Waals surface area contributed by atoms with Crippen molar-refractivity contribution in [3.05, 3.63) is 70.0 Å². The van der Waals surface area contributed by atoms with Crippen LogP contribution in [0.15, 0.2) is 58.7 Å². The third-order valence-corrected chi connectivity index (χ3v) is 7.21. The van der Waals surface area contributed by atoms with E-state index >= 15 is 0 Å². The Bertz CT molecular complexity index is 1310. The van der Waals surface area contributed by atoms with E-state index in [2.05, 4.69) is 15.4 Å². The zero-order chi connectivity index (χ0) is 24.1. The molecule has 3 heterocycles. The Morgan fingerprint density at radius 3 is 2.62 bits per heavy atom. The van der Waals surface area contributed by atoms with Crippen molar-refractivity contribution in [3.8, 4) is 32.0 Å². The molecule has 1 amide bonds. The number of ether oxygens (including phenoxy) is 2. The van der Waals surface area contributed by atoms with Crippen LogP contribution in [-0.2, 0) is 11.3 Å². The van der Waals surface area contributed by atoms with Crippen LogP contribution in [0.25, 0.3) is 20.5 Å². The van der Waals surface area contributed by atoms with Gasteiger partial charge in [-0.3, -0.25) is 9.59 Å². The van der Waals surface area contributed by atoms with Gasteiger partial charge in [0.25, 0.3) is 11.5 Å². The summed E-state index contributed by atoms with van der Waals surface area (Å²) in [7, 11) is 1.59. The monoisotopic (exact) mass is 496 g/mol. The Balaban J connectivity index is 1.37. The average molecular weight is 497 g/mol. The molecule has 34 heavy (non-hydrogen) atoms. The number of methoxy groups -OCH3 is 1. The van der Waals surface area contributed by atoms with Gasteiger partial charge in [0.1, 0.15) is 22.2 Å². The average Bonchev–Trinajstić information content (AvgIpc) is 3.50. The molecular formula is C24H24N4O4S2. The van der Waals surface area contributed by atoms with Crippen LogP contribution in [0.4, 0.5) is 0 Å². The number of nitrogens with zero attached hydrogens (tertiary/aromatic N) is 3. The van der Waals surface area contributed by atoms with E-state index < -0.39 is 6.10 Å². The number of aryl methyl sites for hydroxylation is 1. The molecule has 4 aromatic rings. The summed E-state index contributed by atoms with van der Waals surface area (Å²) in [5.41, 5.74) is 1.31. The second-order valence-corrected chi connectivity index (χ2v) is 9.36. The van der Waals surface area contributed by atoms with Crippen molar-refractivity contribution in [1.82, 2.24) is 20.1 Å². The van der Waals surface area contributed by atoms with Crippen LogP contribution in [0.1, 0.15) is 12.6 Å². The molecule has 1 unspecified atom stereocenters. The van der Waals surface area contributed by atoms with Crippen molar-refractivity contribution >= 4 is 28.6 Å². The number of thiophene rings is 1. The molecule has 1 aromatic carbocycles. The maximum Gasteiger partial charge on any atom is 0.266 e. The fourth-order valence-electron chi connectivity index (χ4n) is 3.21. The third kappa shape index (κ3) is 5.52. The van der Waals surface area contributed by atoms with Crippen LogP contribution in [0.3, 0.4) is 0 Å². The molecule has 0 saturated carbocycles. The third-order valence-electron chi connectivity index (χ3n) is 4.99. The second-order valence-electron chi connectivity index (χ2n) is 7.42. The van der Waals surface area contributed by atoms with Gasteiger partial charge < -0.3 is 14.8 Å². The number of thiazole rings is 1. The first-order valence-electron chi connectivity index (χ1n) is 10.6. The summed E-state index contributed by atoms with van der Waals surface area (Å²) in [5, 5.41) is 10.3. The van der Waals surface area contributed by atoms with Gasteiger partial charge in [0, 0.05) is 12.6 Å². The van der Waals surface area contributed by atoms with Gasteiger partial charge in [-0.05, 0) is 55.6 Å². The van der Waals surface area contributed by atoms with Gasteiger partial charge in [0.2, 0.25) is 0 Å². The van der Waals surface area contributed by atoms with Crippen molar-refractivity contribution < 1.29 is 14.3 Å². The van der Waals surface area contributed by atoms with Gasteiger partial charge in [-0.25, -0.2) is 9.67 Å². The SMILES string of the molecule is COc1ccc(OC(C)C(=O)NCCn2nc(-c3sc(-c4cccs4)nc3C)ccc2=O)cc1. The lowest BCUT2D eigenvalue weighted by atomic mass is 10.3. The summed E-state index contributed by atoms with van der Waals surface area (Å²) in [6.45, 7) is 4.09. The van der Waals surface area contributed by atoms with Gasteiger partial charge in [0.05, 0.1) is 29.1 Å². The molecule has 0 aliphatic carbocycles. The molecule has 8 nitrogen and oxygen atoms in total. The van der Waals surface area contributed by atoms with Crippen LogP contribution in [0, 0.1) is 6.92 Å². The van der Waals surface area contributed by atoms with Crippen molar-refractivity contribution in [2.45, 2.75) is 26.5 Å².